The molecule has 0 radical (unpaired) electrons. The Balaban J connectivity index is 1.51. The molecule has 0 spiro atoms. The summed E-state index contributed by atoms with van der Waals surface area (Å²) in [5, 5.41) is 13.0. The first kappa shape index (κ1) is 18.8. The summed E-state index contributed by atoms with van der Waals surface area (Å²) in [7, 11) is 0. The Morgan fingerprint density at radius 1 is 1.11 bits per heavy atom. The summed E-state index contributed by atoms with van der Waals surface area (Å²) < 4.78 is 1.01. The van der Waals surface area contributed by atoms with Crippen LogP contribution in [0.3, 0.4) is 0 Å². The van der Waals surface area contributed by atoms with Crippen molar-refractivity contribution in [3.8, 4) is 11.3 Å². The van der Waals surface area contributed by atoms with Crippen molar-refractivity contribution in [2.24, 2.45) is 5.41 Å². The highest BCUT2D eigenvalue weighted by Crippen LogP contribution is 2.41. The number of aromatic nitrogens is 2. The largest absolute Gasteiger partial charge is 0.380 e. The second-order valence-electron chi connectivity index (χ2n) is 8.19. The molecule has 146 valence electrons. The van der Waals surface area contributed by atoms with Gasteiger partial charge in [0.2, 0.25) is 0 Å². The first-order chi connectivity index (χ1) is 13.4. The summed E-state index contributed by atoms with van der Waals surface area (Å²) >= 11 is 3.75. The van der Waals surface area contributed by atoms with E-state index in [1.54, 1.807) is 0 Å². The van der Waals surface area contributed by atoms with Crippen molar-refractivity contribution >= 4 is 33.0 Å². The van der Waals surface area contributed by atoms with Crippen molar-refractivity contribution in [1.29, 1.82) is 0 Å². The number of aromatic amines is 1. The third-order valence-electron chi connectivity index (χ3n) is 4.61. The average Bonchev–Trinajstić information content (AvgIpc) is 3.28. The molecule has 4 rings (SSSR count). The molecular weight excluding hydrogens is 416 g/mol. The maximum Gasteiger partial charge on any atom is 0.0916 e. The SMILES string of the molecule is CC(C)(C)CN1NNc2c1ccc(NCc1cn[nH]c1-c1ccccc1)c2Br. The fraction of sp³-hybridized carbons (Fsp3) is 0.286. The molecule has 2 heterocycles. The number of rotatable bonds is 5. The third kappa shape index (κ3) is 3.86. The lowest BCUT2D eigenvalue weighted by Gasteiger charge is -2.27. The molecule has 0 bridgehead atoms. The second kappa shape index (κ2) is 7.48. The molecule has 28 heavy (non-hydrogen) atoms. The minimum atomic E-state index is 0.189. The van der Waals surface area contributed by atoms with Crippen LogP contribution in [0.4, 0.5) is 17.1 Å². The molecule has 4 N–H and O–H groups in total. The van der Waals surface area contributed by atoms with Gasteiger partial charge in [-0.05, 0) is 39.0 Å². The lowest BCUT2D eigenvalue weighted by molar-refractivity contribution is 0.400. The Hall–Kier alpha value is -2.51. The molecule has 0 unspecified atom stereocenters. The van der Waals surface area contributed by atoms with Gasteiger partial charge in [0.1, 0.15) is 0 Å². The van der Waals surface area contributed by atoms with E-state index in [0.29, 0.717) is 6.54 Å². The molecule has 1 aliphatic heterocycles. The Kier molecular flexibility index (Phi) is 5.03. The zero-order chi connectivity index (χ0) is 19.7. The number of anilines is 3. The molecule has 7 heteroatoms. The fourth-order valence-corrected chi connectivity index (χ4v) is 3.89. The van der Waals surface area contributed by atoms with Crippen molar-refractivity contribution in [1.82, 2.24) is 15.7 Å². The van der Waals surface area contributed by atoms with Gasteiger partial charge in [0.15, 0.2) is 0 Å². The molecule has 3 aromatic rings. The highest BCUT2D eigenvalue weighted by Gasteiger charge is 2.26. The second-order valence-corrected chi connectivity index (χ2v) is 8.99. The summed E-state index contributed by atoms with van der Waals surface area (Å²) in [6.45, 7) is 8.27. The summed E-state index contributed by atoms with van der Waals surface area (Å²) in [6, 6.07) is 14.5. The molecule has 0 amide bonds. The Labute approximate surface area is 173 Å². The van der Waals surface area contributed by atoms with E-state index in [-0.39, 0.29) is 5.41 Å². The highest BCUT2D eigenvalue weighted by atomic mass is 79.9. The lowest BCUT2D eigenvalue weighted by atomic mass is 9.96. The van der Waals surface area contributed by atoms with E-state index in [1.807, 2.05) is 24.4 Å². The number of fused-ring (bicyclic) bond motifs is 1. The van der Waals surface area contributed by atoms with Crippen LogP contribution in [0.25, 0.3) is 11.3 Å². The molecule has 0 saturated heterocycles. The normalized spacial score (nSPS) is 13.4. The van der Waals surface area contributed by atoms with Crippen molar-refractivity contribution in [2.45, 2.75) is 27.3 Å². The molecule has 0 aliphatic carbocycles. The van der Waals surface area contributed by atoms with Gasteiger partial charge in [-0.2, -0.15) is 5.10 Å². The molecule has 0 atom stereocenters. The number of nitrogens with one attached hydrogen (secondary N) is 4. The molecule has 2 aromatic carbocycles. The van der Waals surface area contributed by atoms with Gasteiger partial charge in [-0.1, -0.05) is 51.1 Å². The summed E-state index contributed by atoms with van der Waals surface area (Å²) in [6.07, 6.45) is 1.88. The monoisotopic (exact) mass is 440 g/mol. The number of H-pyrrole nitrogens is 1. The van der Waals surface area contributed by atoms with E-state index < -0.39 is 0 Å². The number of halogens is 1. The van der Waals surface area contributed by atoms with Gasteiger partial charge in [-0.25, -0.2) is 0 Å². The van der Waals surface area contributed by atoms with E-state index >= 15 is 0 Å². The molecule has 0 saturated carbocycles. The number of hydrogen-bond acceptors (Lipinski definition) is 5. The van der Waals surface area contributed by atoms with Crippen molar-refractivity contribution in [2.75, 3.05) is 22.3 Å². The predicted molar refractivity (Wildman–Crippen MR) is 119 cm³/mol. The van der Waals surface area contributed by atoms with Crippen LogP contribution in [-0.2, 0) is 6.54 Å². The van der Waals surface area contributed by atoms with Gasteiger partial charge in [-0.3, -0.25) is 10.1 Å². The number of nitrogens with zero attached hydrogens (tertiary/aromatic N) is 2. The minimum absolute atomic E-state index is 0.189. The standard InChI is InChI=1S/C21H25BrN6/c1-21(2,3)13-28-17-10-9-16(18(22)20(17)26-27-28)23-11-15-12-24-25-19(15)14-7-5-4-6-8-14/h4-10,12,23,26-27H,11,13H2,1-3H3,(H,24,25). The summed E-state index contributed by atoms with van der Waals surface area (Å²) in [5.74, 6) is 0. The smallest absolute Gasteiger partial charge is 0.0916 e. The van der Waals surface area contributed by atoms with Gasteiger partial charge in [0.25, 0.3) is 0 Å². The number of hydrogen-bond donors (Lipinski definition) is 4. The first-order valence-corrected chi connectivity index (χ1v) is 10.1. The van der Waals surface area contributed by atoms with Gasteiger partial charge in [-0.15, -0.1) is 5.53 Å². The number of benzene rings is 2. The van der Waals surface area contributed by atoms with Crippen LogP contribution >= 0.6 is 15.9 Å². The molecule has 0 fully saturated rings. The lowest BCUT2D eigenvalue weighted by Crippen LogP contribution is -2.41. The topological polar surface area (TPSA) is 68.0 Å². The fourth-order valence-electron chi connectivity index (χ4n) is 3.32. The Bertz CT molecular complexity index is 961. The first-order valence-electron chi connectivity index (χ1n) is 9.35. The van der Waals surface area contributed by atoms with Gasteiger partial charge in [0, 0.05) is 18.7 Å². The molecule has 1 aliphatic rings. The van der Waals surface area contributed by atoms with E-state index in [0.717, 1.165) is 44.9 Å². The molecular formula is C21H25BrN6. The van der Waals surface area contributed by atoms with Crippen molar-refractivity contribution in [3.05, 3.63) is 58.7 Å². The van der Waals surface area contributed by atoms with Crippen LogP contribution in [0.1, 0.15) is 26.3 Å². The summed E-state index contributed by atoms with van der Waals surface area (Å²) in [4.78, 5) is 0. The van der Waals surface area contributed by atoms with Crippen LogP contribution in [0.5, 0.6) is 0 Å². The van der Waals surface area contributed by atoms with Gasteiger partial charge < -0.3 is 10.7 Å². The van der Waals surface area contributed by atoms with Crippen LogP contribution < -0.4 is 21.3 Å². The quantitative estimate of drug-likeness (QED) is 0.441. The van der Waals surface area contributed by atoms with Crippen LogP contribution in [0, 0.1) is 5.41 Å². The van der Waals surface area contributed by atoms with Gasteiger partial charge >= 0.3 is 0 Å². The zero-order valence-electron chi connectivity index (χ0n) is 16.3. The van der Waals surface area contributed by atoms with E-state index in [9.17, 15) is 0 Å². The van der Waals surface area contributed by atoms with Crippen molar-refractivity contribution < 1.29 is 0 Å². The summed E-state index contributed by atoms with van der Waals surface area (Å²) in [5.41, 5.74) is 13.2. The Morgan fingerprint density at radius 3 is 2.64 bits per heavy atom. The van der Waals surface area contributed by atoms with Crippen LogP contribution in [0.2, 0.25) is 0 Å². The van der Waals surface area contributed by atoms with Crippen LogP contribution in [0.15, 0.2) is 53.1 Å². The van der Waals surface area contributed by atoms with E-state index in [4.69, 9.17) is 0 Å². The highest BCUT2D eigenvalue weighted by molar-refractivity contribution is 9.10. The maximum atomic E-state index is 4.23. The maximum absolute atomic E-state index is 4.23. The van der Waals surface area contributed by atoms with Crippen LogP contribution in [-0.4, -0.2) is 16.7 Å². The van der Waals surface area contributed by atoms with E-state index in [1.165, 1.54) is 0 Å². The Morgan fingerprint density at radius 2 is 1.89 bits per heavy atom. The predicted octanol–water partition coefficient (Wildman–Crippen LogP) is 5.15. The molecule has 6 nitrogen and oxygen atoms in total. The van der Waals surface area contributed by atoms with Crippen molar-refractivity contribution in [3.63, 3.8) is 0 Å². The average molecular weight is 441 g/mol. The zero-order valence-corrected chi connectivity index (χ0v) is 17.9. The van der Waals surface area contributed by atoms with E-state index in [2.05, 4.69) is 92.5 Å². The number of hydrazine groups is 2. The minimum Gasteiger partial charge on any atom is -0.380 e. The third-order valence-corrected chi connectivity index (χ3v) is 5.43. The molecule has 1 aromatic heterocycles. The van der Waals surface area contributed by atoms with Gasteiger partial charge in [0.05, 0.1) is 33.4 Å².